The number of halogens is 2. The van der Waals surface area contributed by atoms with Gasteiger partial charge in [-0.3, -0.25) is 0 Å². The predicted octanol–water partition coefficient (Wildman–Crippen LogP) is 1.09. The maximum Gasteiger partial charge on any atom is 0.338 e. The fraction of sp³-hybridized carbons (Fsp3) is 0.100. The van der Waals surface area contributed by atoms with Crippen molar-refractivity contribution in [1.82, 2.24) is 4.72 Å². The number of carbonyl (C=O) groups is 1. The summed E-state index contributed by atoms with van der Waals surface area (Å²) >= 11 is 5.54. The van der Waals surface area contributed by atoms with E-state index in [1.54, 1.807) is 0 Å². The van der Waals surface area contributed by atoms with Crippen molar-refractivity contribution in [2.24, 2.45) is 0 Å². The number of hydrogen-bond donors (Lipinski definition) is 2. The van der Waals surface area contributed by atoms with Gasteiger partial charge in [-0.15, -0.1) is 6.42 Å². The molecule has 1 rings (SSSR count). The van der Waals surface area contributed by atoms with Crippen LogP contribution in [0.25, 0.3) is 0 Å². The first-order chi connectivity index (χ1) is 8.29. The zero-order chi connectivity index (χ0) is 13.9. The van der Waals surface area contributed by atoms with Crippen LogP contribution in [0.5, 0.6) is 0 Å². The fourth-order valence-electron chi connectivity index (χ4n) is 1.13. The summed E-state index contributed by atoms with van der Waals surface area (Å²) in [6.45, 7) is -0.351. The van der Waals surface area contributed by atoms with E-state index in [1.165, 1.54) is 0 Å². The number of hydrogen-bond acceptors (Lipinski definition) is 3. The molecule has 1 aromatic carbocycles. The van der Waals surface area contributed by atoms with Crippen molar-refractivity contribution in [1.29, 1.82) is 0 Å². The maximum absolute atomic E-state index is 13.7. The highest BCUT2D eigenvalue weighted by Crippen LogP contribution is 2.23. The van der Waals surface area contributed by atoms with Gasteiger partial charge in [-0.1, -0.05) is 17.5 Å². The van der Waals surface area contributed by atoms with E-state index in [9.17, 15) is 17.6 Å². The maximum atomic E-state index is 13.7. The second kappa shape index (κ2) is 5.35. The van der Waals surface area contributed by atoms with Crippen LogP contribution >= 0.6 is 11.6 Å². The van der Waals surface area contributed by atoms with E-state index >= 15 is 0 Å². The van der Waals surface area contributed by atoms with Gasteiger partial charge in [0, 0.05) is 5.02 Å². The third-order valence-electron chi connectivity index (χ3n) is 1.89. The van der Waals surface area contributed by atoms with Gasteiger partial charge in [0.1, 0.15) is 4.90 Å². The van der Waals surface area contributed by atoms with Crippen LogP contribution < -0.4 is 4.72 Å². The van der Waals surface area contributed by atoms with E-state index in [1.807, 2.05) is 10.6 Å². The zero-order valence-corrected chi connectivity index (χ0v) is 10.3. The average molecular weight is 292 g/mol. The minimum Gasteiger partial charge on any atom is -0.478 e. The van der Waals surface area contributed by atoms with E-state index in [0.29, 0.717) is 0 Å². The van der Waals surface area contributed by atoms with Crippen molar-refractivity contribution in [3.05, 3.63) is 28.5 Å². The van der Waals surface area contributed by atoms with E-state index in [2.05, 4.69) is 0 Å². The van der Waals surface area contributed by atoms with Gasteiger partial charge in [0.15, 0.2) is 5.82 Å². The lowest BCUT2D eigenvalue weighted by Gasteiger charge is -2.08. The molecule has 2 N–H and O–H groups in total. The molecule has 18 heavy (non-hydrogen) atoms. The van der Waals surface area contributed by atoms with Crippen molar-refractivity contribution >= 4 is 27.6 Å². The van der Waals surface area contributed by atoms with Gasteiger partial charge in [0.05, 0.1) is 12.1 Å². The normalized spacial score (nSPS) is 10.9. The molecule has 0 amide bonds. The third kappa shape index (κ3) is 2.98. The number of nitrogens with one attached hydrogen (secondary N) is 1. The molecule has 0 heterocycles. The van der Waals surface area contributed by atoms with Crippen molar-refractivity contribution < 1.29 is 22.7 Å². The monoisotopic (exact) mass is 291 g/mol. The number of terminal acetylenes is 1. The minimum atomic E-state index is -4.25. The second-order valence-corrected chi connectivity index (χ2v) is 5.27. The Hall–Kier alpha value is -1.62. The number of rotatable bonds is 4. The minimum absolute atomic E-state index is 0.213. The molecule has 0 saturated heterocycles. The second-order valence-electron chi connectivity index (χ2n) is 3.10. The van der Waals surface area contributed by atoms with Crippen molar-refractivity contribution in [2.75, 3.05) is 6.54 Å². The quantitative estimate of drug-likeness (QED) is 0.813. The van der Waals surface area contributed by atoms with Gasteiger partial charge >= 0.3 is 5.97 Å². The molecule has 0 unspecified atom stereocenters. The summed E-state index contributed by atoms with van der Waals surface area (Å²) in [5.41, 5.74) is -0.830. The smallest absolute Gasteiger partial charge is 0.338 e. The summed E-state index contributed by atoms with van der Waals surface area (Å²) in [4.78, 5) is 9.86. The molecular formula is C10H7ClFNO4S. The number of carboxylic acids is 1. The van der Waals surface area contributed by atoms with Gasteiger partial charge in [0.2, 0.25) is 10.0 Å². The largest absolute Gasteiger partial charge is 0.478 e. The van der Waals surface area contributed by atoms with Crippen LogP contribution in [0.4, 0.5) is 4.39 Å². The van der Waals surface area contributed by atoms with Gasteiger partial charge in [-0.05, 0) is 12.1 Å². The van der Waals surface area contributed by atoms with Crippen molar-refractivity contribution in [3.63, 3.8) is 0 Å². The third-order valence-corrected chi connectivity index (χ3v) is 3.51. The first kappa shape index (κ1) is 14.4. The molecule has 5 nitrogen and oxygen atoms in total. The summed E-state index contributed by atoms with van der Waals surface area (Å²) in [6.07, 6.45) is 4.87. The highest BCUT2D eigenvalue weighted by Gasteiger charge is 2.24. The van der Waals surface area contributed by atoms with E-state index < -0.39 is 32.3 Å². The first-order valence-corrected chi connectivity index (χ1v) is 6.31. The lowest BCUT2D eigenvalue weighted by atomic mass is 10.2. The van der Waals surface area contributed by atoms with Crippen LogP contribution in [-0.2, 0) is 10.0 Å². The number of benzene rings is 1. The molecular weight excluding hydrogens is 285 g/mol. The average Bonchev–Trinajstić information content (AvgIpc) is 2.28. The summed E-state index contributed by atoms with van der Waals surface area (Å²) in [5.74, 6) is -1.01. The highest BCUT2D eigenvalue weighted by molar-refractivity contribution is 7.89. The van der Waals surface area contributed by atoms with Crippen LogP contribution in [0, 0.1) is 18.2 Å². The SMILES string of the molecule is C#CCNS(=O)(=O)c1cc(Cl)cc(C(=O)O)c1F. The van der Waals surface area contributed by atoms with Crippen LogP contribution in [0.1, 0.15) is 10.4 Å². The Morgan fingerprint density at radius 1 is 1.56 bits per heavy atom. The van der Waals surface area contributed by atoms with E-state index in [4.69, 9.17) is 23.1 Å². The van der Waals surface area contributed by atoms with Crippen molar-refractivity contribution in [3.8, 4) is 12.3 Å². The summed E-state index contributed by atoms with van der Waals surface area (Å²) < 4.78 is 38.9. The summed E-state index contributed by atoms with van der Waals surface area (Å²) in [5, 5.41) is 8.50. The Morgan fingerprint density at radius 2 is 2.17 bits per heavy atom. The molecule has 1 aromatic rings. The van der Waals surface area contributed by atoms with Crippen LogP contribution in [-0.4, -0.2) is 26.0 Å². The Kier molecular flexibility index (Phi) is 4.29. The molecule has 0 aliphatic rings. The first-order valence-electron chi connectivity index (χ1n) is 4.45. The fourth-order valence-corrected chi connectivity index (χ4v) is 2.47. The Balaban J connectivity index is 3.43. The molecule has 0 saturated carbocycles. The Labute approximate surface area is 108 Å². The molecule has 0 bridgehead atoms. The Morgan fingerprint density at radius 3 is 2.67 bits per heavy atom. The number of aromatic carboxylic acids is 1. The topological polar surface area (TPSA) is 83.5 Å². The molecule has 0 fully saturated rings. The molecule has 0 atom stereocenters. The standard InChI is InChI=1S/C10H7ClFNO4S/c1-2-3-13-18(16,17)8-5-6(11)4-7(9(8)12)10(14)15/h1,4-5,13H,3H2,(H,14,15). The molecule has 0 radical (unpaired) electrons. The van der Waals surface area contributed by atoms with E-state index in [0.717, 1.165) is 12.1 Å². The lowest BCUT2D eigenvalue weighted by molar-refractivity contribution is 0.0691. The highest BCUT2D eigenvalue weighted by atomic mass is 35.5. The van der Waals surface area contributed by atoms with Crippen LogP contribution in [0.3, 0.4) is 0 Å². The number of carboxylic acid groups (broad SMARTS) is 1. The number of sulfonamides is 1. The van der Waals surface area contributed by atoms with E-state index in [-0.39, 0.29) is 11.6 Å². The van der Waals surface area contributed by atoms with Crippen molar-refractivity contribution in [2.45, 2.75) is 4.90 Å². The van der Waals surface area contributed by atoms with Gasteiger partial charge < -0.3 is 5.11 Å². The summed E-state index contributed by atoms with van der Waals surface area (Å²) in [6, 6.07) is 1.63. The van der Waals surface area contributed by atoms with Gasteiger partial charge in [-0.2, -0.15) is 4.72 Å². The molecule has 0 aliphatic carbocycles. The molecule has 8 heteroatoms. The van der Waals surface area contributed by atoms with Gasteiger partial charge in [-0.25, -0.2) is 17.6 Å². The molecule has 96 valence electrons. The van der Waals surface area contributed by atoms with Gasteiger partial charge in [0.25, 0.3) is 0 Å². The zero-order valence-electron chi connectivity index (χ0n) is 8.78. The Bertz CT molecular complexity index is 636. The van der Waals surface area contributed by atoms with Crippen LogP contribution in [0.15, 0.2) is 17.0 Å². The summed E-state index contributed by atoms with van der Waals surface area (Å²) in [7, 11) is -4.25. The predicted molar refractivity (Wildman–Crippen MR) is 62.4 cm³/mol. The lowest BCUT2D eigenvalue weighted by Crippen LogP contribution is -2.25. The molecule has 0 aromatic heterocycles. The van der Waals surface area contributed by atoms with Crippen LogP contribution in [0.2, 0.25) is 5.02 Å². The molecule has 0 spiro atoms. The molecule has 0 aliphatic heterocycles.